The number of sulfonamides is 1. The molecule has 9 heteroatoms. The second-order valence-electron chi connectivity index (χ2n) is 7.53. The highest BCUT2D eigenvalue weighted by Gasteiger charge is 2.28. The predicted molar refractivity (Wildman–Crippen MR) is 123 cm³/mol. The highest BCUT2D eigenvalue weighted by atomic mass is 32.2. The van der Waals surface area contributed by atoms with E-state index in [2.05, 4.69) is 5.32 Å². The lowest BCUT2D eigenvalue weighted by molar-refractivity contribution is -0.384. The quantitative estimate of drug-likeness (QED) is 0.422. The molecule has 1 amide bonds. The number of carbonyl (C=O) groups excluding carboxylic acids is 1. The van der Waals surface area contributed by atoms with Crippen molar-refractivity contribution in [3.05, 3.63) is 93.5 Å². The van der Waals surface area contributed by atoms with Crippen LogP contribution in [-0.2, 0) is 14.8 Å². The highest BCUT2D eigenvalue weighted by molar-refractivity contribution is 7.92. The molecule has 3 aromatic carbocycles. The minimum Gasteiger partial charge on any atom is -0.324 e. The number of carbonyl (C=O) groups is 1. The van der Waals surface area contributed by atoms with E-state index < -0.39 is 27.4 Å². The molecule has 166 valence electrons. The van der Waals surface area contributed by atoms with E-state index in [1.54, 1.807) is 24.3 Å². The molecule has 0 aromatic heterocycles. The summed E-state index contributed by atoms with van der Waals surface area (Å²) in [4.78, 5) is 23.4. The normalized spacial score (nSPS) is 11.1. The highest BCUT2D eigenvalue weighted by Crippen LogP contribution is 2.27. The summed E-state index contributed by atoms with van der Waals surface area (Å²) in [5, 5.41) is 13.9. The third-order valence-corrected chi connectivity index (χ3v) is 6.52. The molecule has 0 bridgehead atoms. The Morgan fingerprint density at radius 3 is 2.16 bits per heavy atom. The zero-order valence-electron chi connectivity index (χ0n) is 17.9. The summed E-state index contributed by atoms with van der Waals surface area (Å²) in [5.74, 6) is -0.572. The van der Waals surface area contributed by atoms with E-state index in [-0.39, 0.29) is 16.3 Å². The van der Waals surface area contributed by atoms with Crippen molar-refractivity contribution in [2.45, 2.75) is 25.7 Å². The van der Waals surface area contributed by atoms with Gasteiger partial charge in [-0.2, -0.15) is 0 Å². The van der Waals surface area contributed by atoms with Crippen molar-refractivity contribution in [1.29, 1.82) is 0 Å². The van der Waals surface area contributed by atoms with Crippen LogP contribution in [0, 0.1) is 30.9 Å². The molecule has 0 atom stereocenters. The van der Waals surface area contributed by atoms with Gasteiger partial charge in [0.25, 0.3) is 15.7 Å². The summed E-state index contributed by atoms with van der Waals surface area (Å²) in [6, 6.07) is 16.9. The number of nitro benzene ring substituents is 1. The topological polar surface area (TPSA) is 110 Å². The molecule has 1 N–H and O–H groups in total. The van der Waals surface area contributed by atoms with Gasteiger partial charge in [-0.1, -0.05) is 29.8 Å². The van der Waals surface area contributed by atoms with E-state index >= 15 is 0 Å². The summed E-state index contributed by atoms with van der Waals surface area (Å²) in [5.41, 5.74) is 3.06. The number of nitrogens with zero attached hydrogens (tertiary/aromatic N) is 2. The SMILES string of the molecule is Cc1ccc(S(=O)(=O)N(CC(=O)Nc2cc(C)cc(C)c2)c2cccc([N+](=O)[O-])c2)cc1. The van der Waals surface area contributed by atoms with Crippen molar-refractivity contribution in [3.63, 3.8) is 0 Å². The smallest absolute Gasteiger partial charge is 0.271 e. The summed E-state index contributed by atoms with van der Waals surface area (Å²) in [6.45, 7) is 5.05. The van der Waals surface area contributed by atoms with Crippen molar-refractivity contribution in [2.75, 3.05) is 16.2 Å². The van der Waals surface area contributed by atoms with Crippen LogP contribution in [0.25, 0.3) is 0 Å². The average Bonchev–Trinajstić information content (AvgIpc) is 2.71. The Morgan fingerprint density at radius 2 is 1.56 bits per heavy atom. The number of anilines is 2. The van der Waals surface area contributed by atoms with Gasteiger partial charge in [0, 0.05) is 17.8 Å². The molecule has 0 aliphatic rings. The maximum atomic E-state index is 13.4. The number of hydrogen-bond donors (Lipinski definition) is 1. The maximum absolute atomic E-state index is 13.4. The molecule has 0 unspecified atom stereocenters. The number of amides is 1. The van der Waals surface area contributed by atoms with Gasteiger partial charge in [-0.05, 0) is 62.2 Å². The van der Waals surface area contributed by atoms with Crippen LogP contribution in [0.2, 0.25) is 0 Å². The molecule has 8 nitrogen and oxygen atoms in total. The lowest BCUT2D eigenvalue weighted by atomic mass is 10.1. The summed E-state index contributed by atoms with van der Waals surface area (Å²) in [6.07, 6.45) is 0. The lowest BCUT2D eigenvalue weighted by Gasteiger charge is -2.24. The van der Waals surface area contributed by atoms with Gasteiger partial charge < -0.3 is 5.32 Å². The molecule has 0 saturated heterocycles. The molecule has 0 aliphatic heterocycles. The molecule has 3 aromatic rings. The molecule has 0 saturated carbocycles. The van der Waals surface area contributed by atoms with Crippen LogP contribution in [0.1, 0.15) is 16.7 Å². The van der Waals surface area contributed by atoms with Gasteiger partial charge in [-0.3, -0.25) is 19.2 Å². The molecule has 0 spiro atoms. The minimum absolute atomic E-state index is 0.0196. The molecule has 0 heterocycles. The van der Waals surface area contributed by atoms with Gasteiger partial charge in [0.15, 0.2) is 0 Å². The number of benzene rings is 3. The summed E-state index contributed by atoms with van der Waals surface area (Å²) < 4.78 is 27.7. The van der Waals surface area contributed by atoms with Gasteiger partial charge in [0.2, 0.25) is 5.91 Å². The first-order chi connectivity index (χ1) is 15.1. The third kappa shape index (κ3) is 5.30. The summed E-state index contributed by atoms with van der Waals surface area (Å²) >= 11 is 0. The van der Waals surface area contributed by atoms with Gasteiger partial charge in [-0.15, -0.1) is 0 Å². The van der Waals surface area contributed by atoms with Gasteiger partial charge in [-0.25, -0.2) is 8.42 Å². The van der Waals surface area contributed by atoms with Crippen LogP contribution in [0.4, 0.5) is 17.1 Å². The fourth-order valence-electron chi connectivity index (χ4n) is 3.29. The van der Waals surface area contributed by atoms with Crippen molar-refractivity contribution >= 4 is 33.0 Å². The molecule has 0 aliphatic carbocycles. The zero-order chi connectivity index (χ0) is 23.5. The Bertz CT molecular complexity index is 1250. The second-order valence-corrected chi connectivity index (χ2v) is 9.39. The molecule has 0 radical (unpaired) electrons. The zero-order valence-corrected chi connectivity index (χ0v) is 18.7. The molecular weight excluding hydrogens is 430 g/mol. The number of hydrogen-bond acceptors (Lipinski definition) is 5. The van der Waals surface area contributed by atoms with E-state index in [9.17, 15) is 23.3 Å². The van der Waals surface area contributed by atoms with Gasteiger partial charge >= 0.3 is 0 Å². The third-order valence-electron chi connectivity index (χ3n) is 4.73. The number of nitrogens with one attached hydrogen (secondary N) is 1. The van der Waals surface area contributed by atoms with Crippen LogP contribution in [0.3, 0.4) is 0 Å². The van der Waals surface area contributed by atoms with Crippen LogP contribution in [-0.4, -0.2) is 25.8 Å². The Kier molecular flexibility index (Phi) is 6.59. The largest absolute Gasteiger partial charge is 0.324 e. The first-order valence-electron chi connectivity index (χ1n) is 9.78. The minimum atomic E-state index is -4.17. The van der Waals surface area contributed by atoms with Crippen molar-refractivity contribution in [3.8, 4) is 0 Å². The van der Waals surface area contributed by atoms with E-state index in [1.165, 1.54) is 30.3 Å². The van der Waals surface area contributed by atoms with Crippen molar-refractivity contribution in [1.82, 2.24) is 0 Å². The van der Waals surface area contributed by atoms with Crippen LogP contribution in [0.5, 0.6) is 0 Å². The van der Waals surface area contributed by atoms with Gasteiger partial charge in [0.1, 0.15) is 6.54 Å². The average molecular weight is 454 g/mol. The number of non-ortho nitro benzene ring substituents is 1. The maximum Gasteiger partial charge on any atom is 0.271 e. The van der Waals surface area contributed by atoms with Crippen LogP contribution in [0.15, 0.2) is 71.6 Å². The van der Waals surface area contributed by atoms with Crippen LogP contribution < -0.4 is 9.62 Å². The molecule has 0 fully saturated rings. The number of aryl methyl sites for hydroxylation is 3. The van der Waals surface area contributed by atoms with Crippen molar-refractivity contribution in [2.24, 2.45) is 0 Å². The predicted octanol–water partition coefficient (Wildman–Crippen LogP) is 4.35. The summed E-state index contributed by atoms with van der Waals surface area (Å²) in [7, 11) is -4.17. The second kappa shape index (κ2) is 9.19. The van der Waals surface area contributed by atoms with E-state index in [1.807, 2.05) is 26.8 Å². The Balaban J connectivity index is 2.00. The Hall–Kier alpha value is -3.72. The van der Waals surface area contributed by atoms with Crippen LogP contribution >= 0.6 is 0 Å². The Labute approximate surface area is 186 Å². The standard InChI is InChI=1S/C23H23N3O5S/c1-16-7-9-22(10-8-16)32(30,31)25(20-5-4-6-21(14-20)26(28)29)15-23(27)24-19-12-17(2)11-18(3)13-19/h4-14H,15H2,1-3H3,(H,24,27). The fraction of sp³-hybridized carbons (Fsp3) is 0.174. The molecule has 3 rings (SSSR count). The first kappa shape index (κ1) is 23.0. The van der Waals surface area contributed by atoms with Crippen molar-refractivity contribution < 1.29 is 18.1 Å². The molecular formula is C23H23N3O5S. The number of nitro groups is 1. The molecule has 32 heavy (non-hydrogen) atoms. The monoisotopic (exact) mass is 453 g/mol. The van der Waals surface area contributed by atoms with E-state index in [0.29, 0.717) is 5.69 Å². The van der Waals surface area contributed by atoms with E-state index in [4.69, 9.17) is 0 Å². The fourth-order valence-corrected chi connectivity index (χ4v) is 4.70. The van der Waals surface area contributed by atoms with Gasteiger partial charge in [0.05, 0.1) is 15.5 Å². The number of rotatable bonds is 7. The van der Waals surface area contributed by atoms with E-state index in [0.717, 1.165) is 27.1 Å². The lowest BCUT2D eigenvalue weighted by Crippen LogP contribution is -2.38. The Morgan fingerprint density at radius 1 is 0.938 bits per heavy atom. The first-order valence-corrected chi connectivity index (χ1v) is 11.2.